The second kappa shape index (κ2) is 9.20. The predicted octanol–water partition coefficient (Wildman–Crippen LogP) is 1.38. The fourth-order valence-corrected chi connectivity index (χ4v) is 1.68. The topological polar surface area (TPSA) is 65.9 Å². The van der Waals surface area contributed by atoms with Crippen LogP contribution < -0.4 is 15.4 Å². The summed E-state index contributed by atoms with van der Waals surface area (Å²) in [5.41, 5.74) is 1.04. The van der Waals surface area contributed by atoms with Crippen molar-refractivity contribution in [3.8, 4) is 5.75 Å². The molecule has 1 aromatic rings. The Morgan fingerprint density at radius 2 is 2.10 bits per heavy atom. The fraction of sp³-hybridized carbons (Fsp3) is 0.533. The van der Waals surface area contributed by atoms with Crippen LogP contribution in [0.15, 0.2) is 29.3 Å². The van der Waals surface area contributed by atoms with Gasteiger partial charge in [0.25, 0.3) is 0 Å². The molecule has 1 atom stereocenters. The lowest BCUT2D eigenvalue weighted by atomic mass is 10.2. The lowest BCUT2D eigenvalue weighted by Gasteiger charge is -2.14. The summed E-state index contributed by atoms with van der Waals surface area (Å²) in [5, 5.41) is 15.4. The quantitative estimate of drug-likeness (QED) is 0.521. The monoisotopic (exact) mass is 279 g/mol. The molecule has 0 aromatic heterocycles. The summed E-state index contributed by atoms with van der Waals surface area (Å²) in [6.07, 6.45) is 0. The third-order valence-corrected chi connectivity index (χ3v) is 2.87. The van der Waals surface area contributed by atoms with Crippen molar-refractivity contribution in [2.24, 2.45) is 10.9 Å². The third-order valence-electron chi connectivity index (χ3n) is 2.87. The van der Waals surface area contributed by atoms with E-state index in [2.05, 4.69) is 15.6 Å². The average Bonchev–Trinajstić information content (AvgIpc) is 2.49. The second-order valence-electron chi connectivity index (χ2n) is 4.68. The Morgan fingerprint density at radius 3 is 2.75 bits per heavy atom. The smallest absolute Gasteiger partial charge is 0.191 e. The zero-order valence-corrected chi connectivity index (χ0v) is 12.5. The van der Waals surface area contributed by atoms with Gasteiger partial charge in [-0.25, -0.2) is 4.99 Å². The number of aliphatic imine (C=N–C) groups is 1. The van der Waals surface area contributed by atoms with Gasteiger partial charge in [-0.3, -0.25) is 0 Å². The minimum Gasteiger partial charge on any atom is -0.496 e. The normalized spacial score (nSPS) is 12.9. The van der Waals surface area contributed by atoms with Crippen molar-refractivity contribution in [2.75, 3.05) is 26.8 Å². The number of ether oxygens (including phenoxy) is 1. The Hall–Kier alpha value is -1.75. The number of rotatable bonds is 7. The van der Waals surface area contributed by atoms with Gasteiger partial charge in [0.15, 0.2) is 5.96 Å². The van der Waals surface area contributed by atoms with Gasteiger partial charge in [0.2, 0.25) is 0 Å². The summed E-state index contributed by atoms with van der Waals surface area (Å²) in [5.74, 6) is 1.79. The molecular formula is C15H25N3O2. The molecule has 0 amide bonds. The fourth-order valence-electron chi connectivity index (χ4n) is 1.68. The Morgan fingerprint density at radius 1 is 1.35 bits per heavy atom. The molecule has 0 saturated heterocycles. The van der Waals surface area contributed by atoms with Crippen LogP contribution in [0.2, 0.25) is 0 Å². The molecule has 5 heteroatoms. The van der Waals surface area contributed by atoms with E-state index in [0.29, 0.717) is 13.1 Å². The van der Waals surface area contributed by atoms with Gasteiger partial charge in [-0.2, -0.15) is 0 Å². The molecule has 5 nitrogen and oxygen atoms in total. The molecule has 0 aliphatic rings. The van der Waals surface area contributed by atoms with E-state index in [-0.39, 0.29) is 12.5 Å². The largest absolute Gasteiger partial charge is 0.496 e. The van der Waals surface area contributed by atoms with Gasteiger partial charge in [-0.1, -0.05) is 25.1 Å². The van der Waals surface area contributed by atoms with Gasteiger partial charge in [0.05, 0.1) is 13.7 Å². The standard InChI is InChI=1S/C15H25N3O2/c1-4-16-15(17-9-12(2)11-19)18-10-13-7-5-6-8-14(13)20-3/h5-8,12,19H,4,9-11H2,1-3H3,(H2,16,17,18). The van der Waals surface area contributed by atoms with Crippen LogP contribution in [-0.2, 0) is 6.54 Å². The Balaban J connectivity index is 2.66. The van der Waals surface area contributed by atoms with Crippen molar-refractivity contribution in [2.45, 2.75) is 20.4 Å². The maximum absolute atomic E-state index is 9.04. The first-order valence-corrected chi connectivity index (χ1v) is 6.96. The molecule has 0 fully saturated rings. The van der Waals surface area contributed by atoms with Crippen LogP contribution in [0.5, 0.6) is 5.75 Å². The Labute approximate surface area is 121 Å². The van der Waals surface area contributed by atoms with Crippen LogP contribution in [0.3, 0.4) is 0 Å². The highest BCUT2D eigenvalue weighted by Gasteiger charge is 2.04. The highest BCUT2D eigenvalue weighted by Crippen LogP contribution is 2.17. The second-order valence-corrected chi connectivity index (χ2v) is 4.68. The first-order chi connectivity index (χ1) is 9.71. The number of guanidine groups is 1. The number of nitrogens with zero attached hydrogens (tertiary/aromatic N) is 1. The summed E-state index contributed by atoms with van der Waals surface area (Å²) in [4.78, 5) is 4.53. The zero-order valence-electron chi connectivity index (χ0n) is 12.5. The van der Waals surface area contributed by atoms with Crippen LogP contribution in [0.25, 0.3) is 0 Å². The maximum Gasteiger partial charge on any atom is 0.191 e. The Bertz CT molecular complexity index is 421. The summed E-state index contributed by atoms with van der Waals surface area (Å²) in [6, 6.07) is 7.85. The number of nitrogens with one attached hydrogen (secondary N) is 2. The molecule has 0 aliphatic carbocycles. The van der Waals surface area contributed by atoms with Gasteiger partial charge in [0, 0.05) is 25.3 Å². The van der Waals surface area contributed by atoms with Crippen molar-refractivity contribution in [1.82, 2.24) is 10.6 Å². The summed E-state index contributed by atoms with van der Waals surface area (Å²) in [6.45, 7) is 6.21. The van der Waals surface area contributed by atoms with E-state index in [1.807, 2.05) is 38.1 Å². The van der Waals surface area contributed by atoms with Crippen LogP contribution in [0.4, 0.5) is 0 Å². The highest BCUT2D eigenvalue weighted by atomic mass is 16.5. The zero-order chi connectivity index (χ0) is 14.8. The van der Waals surface area contributed by atoms with Crippen molar-refractivity contribution in [3.63, 3.8) is 0 Å². The molecule has 3 N–H and O–H groups in total. The van der Waals surface area contributed by atoms with Gasteiger partial charge in [0.1, 0.15) is 5.75 Å². The Kier molecular flexibility index (Phi) is 7.50. The van der Waals surface area contributed by atoms with Crippen LogP contribution >= 0.6 is 0 Å². The third kappa shape index (κ3) is 5.48. The number of hydrogen-bond donors (Lipinski definition) is 3. The van der Waals surface area contributed by atoms with Crippen molar-refractivity contribution in [3.05, 3.63) is 29.8 Å². The number of aliphatic hydroxyl groups is 1. The van der Waals surface area contributed by atoms with Crippen LogP contribution in [-0.4, -0.2) is 37.9 Å². The molecule has 1 rings (SSSR count). The number of para-hydroxylation sites is 1. The molecule has 0 spiro atoms. The minimum absolute atomic E-state index is 0.166. The molecule has 1 unspecified atom stereocenters. The first-order valence-electron chi connectivity index (χ1n) is 6.96. The van der Waals surface area contributed by atoms with E-state index < -0.39 is 0 Å². The van der Waals surface area contributed by atoms with E-state index in [4.69, 9.17) is 9.84 Å². The molecule has 0 heterocycles. The number of benzene rings is 1. The maximum atomic E-state index is 9.04. The van der Waals surface area contributed by atoms with Crippen molar-refractivity contribution < 1.29 is 9.84 Å². The molecule has 0 radical (unpaired) electrons. The molecular weight excluding hydrogens is 254 g/mol. The lowest BCUT2D eigenvalue weighted by Crippen LogP contribution is -2.39. The lowest BCUT2D eigenvalue weighted by molar-refractivity contribution is 0.238. The molecule has 112 valence electrons. The van der Waals surface area contributed by atoms with E-state index in [0.717, 1.165) is 23.8 Å². The predicted molar refractivity (Wildman–Crippen MR) is 82.1 cm³/mol. The van der Waals surface area contributed by atoms with Crippen molar-refractivity contribution in [1.29, 1.82) is 0 Å². The van der Waals surface area contributed by atoms with Gasteiger partial charge in [-0.15, -0.1) is 0 Å². The molecule has 0 saturated carbocycles. The highest BCUT2D eigenvalue weighted by molar-refractivity contribution is 5.79. The molecule has 0 bridgehead atoms. The summed E-state index contributed by atoms with van der Waals surface area (Å²) >= 11 is 0. The van der Waals surface area contributed by atoms with Gasteiger partial charge >= 0.3 is 0 Å². The van der Waals surface area contributed by atoms with Gasteiger partial charge < -0.3 is 20.5 Å². The number of hydrogen-bond acceptors (Lipinski definition) is 3. The molecule has 0 aliphatic heterocycles. The average molecular weight is 279 g/mol. The number of methoxy groups -OCH3 is 1. The van der Waals surface area contributed by atoms with Crippen LogP contribution in [0, 0.1) is 5.92 Å². The SMILES string of the molecule is CCNC(=NCc1ccccc1OC)NCC(C)CO. The van der Waals surface area contributed by atoms with Crippen molar-refractivity contribution >= 4 is 5.96 Å². The summed E-state index contributed by atoms with van der Waals surface area (Å²) < 4.78 is 5.31. The van der Waals surface area contributed by atoms with E-state index in [9.17, 15) is 0 Å². The molecule has 1 aromatic carbocycles. The van der Waals surface area contributed by atoms with E-state index in [1.165, 1.54) is 0 Å². The van der Waals surface area contributed by atoms with Crippen LogP contribution in [0.1, 0.15) is 19.4 Å². The van der Waals surface area contributed by atoms with E-state index in [1.54, 1.807) is 7.11 Å². The number of aliphatic hydroxyl groups excluding tert-OH is 1. The van der Waals surface area contributed by atoms with Gasteiger partial charge in [-0.05, 0) is 18.9 Å². The first kappa shape index (κ1) is 16.3. The minimum atomic E-state index is 0.166. The summed E-state index contributed by atoms with van der Waals surface area (Å²) in [7, 11) is 1.66. The van der Waals surface area contributed by atoms with E-state index >= 15 is 0 Å². The molecule has 20 heavy (non-hydrogen) atoms.